The molecule has 6 nitrogen and oxygen atoms in total. The highest BCUT2D eigenvalue weighted by molar-refractivity contribution is 7.99. The quantitative estimate of drug-likeness (QED) is 0.767. The zero-order chi connectivity index (χ0) is 11.4. The molecule has 1 N–H and O–H groups in total. The van der Waals surface area contributed by atoms with E-state index < -0.39 is 5.97 Å². The number of hydrogen-bond donors (Lipinski definition) is 1. The van der Waals surface area contributed by atoms with E-state index in [2.05, 4.69) is 10.1 Å². The van der Waals surface area contributed by atoms with Crippen molar-refractivity contribution >= 4 is 17.7 Å². The summed E-state index contributed by atoms with van der Waals surface area (Å²) in [6.45, 7) is 1.54. The second-order valence-electron chi connectivity index (χ2n) is 3.59. The van der Waals surface area contributed by atoms with E-state index >= 15 is 0 Å². The van der Waals surface area contributed by atoms with Crippen molar-refractivity contribution in [3.8, 4) is 0 Å². The van der Waals surface area contributed by atoms with Gasteiger partial charge in [-0.2, -0.15) is 4.98 Å². The molecule has 16 heavy (non-hydrogen) atoms. The van der Waals surface area contributed by atoms with Gasteiger partial charge in [-0.15, -0.1) is 0 Å². The minimum atomic E-state index is -0.894. The van der Waals surface area contributed by atoms with Crippen LogP contribution in [0.25, 0.3) is 0 Å². The first-order valence-corrected chi connectivity index (χ1v) is 5.97. The molecule has 88 valence electrons. The molecule has 0 saturated carbocycles. The molecule has 0 aromatic carbocycles. The number of hydrogen-bond acceptors (Lipinski definition) is 6. The Balaban J connectivity index is 1.84. The topological polar surface area (TPSA) is 85.5 Å². The predicted octanol–water partition coefficient (Wildman–Crippen LogP) is 0.825. The summed E-state index contributed by atoms with van der Waals surface area (Å²) >= 11 is 1.04. The van der Waals surface area contributed by atoms with Crippen LogP contribution in [0.3, 0.4) is 0 Å². The maximum atomic E-state index is 10.3. The molecule has 0 radical (unpaired) electrons. The molecule has 1 aliphatic heterocycles. The molecule has 0 aliphatic carbocycles. The summed E-state index contributed by atoms with van der Waals surface area (Å²) < 4.78 is 10.2. The van der Waals surface area contributed by atoms with E-state index in [1.54, 1.807) is 0 Å². The summed E-state index contributed by atoms with van der Waals surface area (Å²) in [6, 6.07) is 0. The molecule has 1 aromatic heterocycles. The lowest BCUT2D eigenvalue weighted by Gasteiger charge is -2.00. The standard InChI is InChI=1S/C9H12N2O4S/c12-8(13)5-16-9-10-7(11-15-9)3-6-1-2-14-4-6/h6H,1-5H2,(H,12,13). The Morgan fingerprint density at radius 1 is 1.62 bits per heavy atom. The van der Waals surface area contributed by atoms with Crippen LogP contribution in [0.4, 0.5) is 0 Å². The smallest absolute Gasteiger partial charge is 0.314 e. The summed E-state index contributed by atoms with van der Waals surface area (Å²) in [4.78, 5) is 14.4. The lowest BCUT2D eigenvalue weighted by molar-refractivity contribution is -0.133. The summed E-state index contributed by atoms with van der Waals surface area (Å²) in [6.07, 6.45) is 1.75. The molecule has 0 bridgehead atoms. The Bertz CT molecular complexity index is 362. The monoisotopic (exact) mass is 244 g/mol. The molecule has 1 aromatic rings. The lowest BCUT2D eigenvalue weighted by atomic mass is 10.1. The summed E-state index contributed by atoms with van der Waals surface area (Å²) in [5.41, 5.74) is 0. The second kappa shape index (κ2) is 5.31. The fourth-order valence-corrected chi connectivity index (χ4v) is 2.01. The number of thioether (sulfide) groups is 1. The van der Waals surface area contributed by atoms with E-state index in [0.29, 0.717) is 17.0 Å². The summed E-state index contributed by atoms with van der Waals surface area (Å²) in [5.74, 6) is 0.126. The number of nitrogens with zero attached hydrogens (tertiary/aromatic N) is 2. The van der Waals surface area contributed by atoms with E-state index in [-0.39, 0.29) is 5.75 Å². The summed E-state index contributed by atoms with van der Waals surface area (Å²) in [7, 11) is 0. The van der Waals surface area contributed by atoms with Gasteiger partial charge in [-0.1, -0.05) is 16.9 Å². The number of aromatic nitrogens is 2. The van der Waals surface area contributed by atoms with Crippen molar-refractivity contribution in [1.82, 2.24) is 10.1 Å². The third-order valence-electron chi connectivity index (χ3n) is 2.26. The molecule has 1 saturated heterocycles. The Labute approximate surface area is 96.4 Å². The maximum Gasteiger partial charge on any atom is 0.314 e. The molecule has 1 atom stereocenters. The van der Waals surface area contributed by atoms with Gasteiger partial charge >= 0.3 is 5.97 Å². The third-order valence-corrected chi connectivity index (χ3v) is 3.07. The van der Waals surface area contributed by atoms with Crippen LogP contribution in [-0.4, -0.2) is 40.2 Å². The first kappa shape index (κ1) is 11.4. The number of rotatable bonds is 5. The van der Waals surface area contributed by atoms with Crippen molar-refractivity contribution in [3.05, 3.63) is 5.82 Å². The van der Waals surface area contributed by atoms with Crippen molar-refractivity contribution in [1.29, 1.82) is 0 Å². The number of carboxylic acids is 1. The number of aliphatic carboxylic acids is 1. The van der Waals surface area contributed by atoms with Gasteiger partial charge in [0.25, 0.3) is 5.22 Å². The van der Waals surface area contributed by atoms with Crippen LogP contribution in [0.15, 0.2) is 9.75 Å². The van der Waals surface area contributed by atoms with E-state index in [0.717, 1.165) is 37.8 Å². The molecule has 2 rings (SSSR count). The molecule has 0 amide bonds. The van der Waals surface area contributed by atoms with Crippen LogP contribution < -0.4 is 0 Å². The van der Waals surface area contributed by atoms with Crippen LogP contribution in [-0.2, 0) is 16.0 Å². The van der Waals surface area contributed by atoms with Crippen molar-refractivity contribution in [2.75, 3.05) is 19.0 Å². The highest BCUT2D eigenvalue weighted by Crippen LogP contribution is 2.19. The van der Waals surface area contributed by atoms with Gasteiger partial charge in [0.05, 0.1) is 0 Å². The lowest BCUT2D eigenvalue weighted by Crippen LogP contribution is -2.04. The van der Waals surface area contributed by atoms with Crippen LogP contribution in [0, 0.1) is 5.92 Å². The Morgan fingerprint density at radius 3 is 3.19 bits per heavy atom. The van der Waals surface area contributed by atoms with E-state index in [9.17, 15) is 4.79 Å². The fourth-order valence-electron chi connectivity index (χ4n) is 1.51. The van der Waals surface area contributed by atoms with Crippen LogP contribution in [0.5, 0.6) is 0 Å². The molecule has 0 spiro atoms. The van der Waals surface area contributed by atoms with Crippen molar-refractivity contribution < 1.29 is 19.2 Å². The second-order valence-corrected chi connectivity index (χ2v) is 4.52. The highest BCUT2D eigenvalue weighted by atomic mass is 32.2. The Kier molecular flexibility index (Phi) is 3.79. The first-order valence-electron chi connectivity index (χ1n) is 4.99. The zero-order valence-electron chi connectivity index (χ0n) is 8.59. The Morgan fingerprint density at radius 2 is 2.50 bits per heavy atom. The van der Waals surface area contributed by atoms with Gasteiger partial charge in [0, 0.05) is 19.6 Å². The molecule has 1 unspecified atom stereocenters. The molecular weight excluding hydrogens is 232 g/mol. The normalized spacial score (nSPS) is 20.1. The van der Waals surface area contributed by atoms with Gasteiger partial charge in [0.15, 0.2) is 5.82 Å². The highest BCUT2D eigenvalue weighted by Gasteiger charge is 2.19. The first-order chi connectivity index (χ1) is 7.74. The fraction of sp³-hybridized carbons (Fsp3) is 0.667. The van der Waals surface area contributed by atoms with Crippen molar-refractivity contribution in [3.63, 3.8) is 0 Å². The minimum absolute atomic E-state index is 0.0613. The van der Waals surface area contributed by atoms with Gasteiger partial charge in [0.1, 0.15) is 5.75 Å². The van der Waals surface area contributed by atoms with Crippen LogP contribution in [0.2, 0.25) is 0 Å². The van der Waals surface area contributed by atoms with E-state index in [1.165, 1.54) is 0 Å². The average molecular weight is 244 g/mol. The number of ether oxygens (including phenoxy) is 1. The van der Waals surface area contributed by atoms with Gasteiger partial charge in [-0.3, -0.25) is 4.79 Å². The van der Waals surface area contributed by atoms with Gasteiger partial charge in [0.2, 0.25) is 0 Å². The Hall–Kier alpha value is -1.08. The molecule has 1 fully saturated rings. The number of carboxylic acid groups (broad SMARTS) is 1. The predicted molar refractivity (Wildman–Crippen MR) is 55.3 cm³/mol. The molecular formula is C9H12N2O4S. The van der Waals surface area contributed by atoms with Crippen molar-refractivity contribution in [2.45, 2.75) is 18.1 Å². The SMILES string of the molecule is O=C(O)CSc1nc(CC2CCOC2)no1. The third kappa shape index (κ3) is 3.21. The molecule has 1 aliphatic rings. The van der Waals surface area contributed by atoms with Gasteiger partial charge < -0.3 is 14.4 Å². The van der Waals surface area contributed by atoms with Crippen molar-refractivity contribution in [2.24, 2.45) is 5.92 Å². The summed E-state index contributed by atoms with van der Waals surface area (Å²) in [5, 5.41) is 12.6. The molecule has 2 heterocycles. The van der Waals surface area contributed by atoms with Gasteiger partial charge in [-0.05, 0) is 12.3 Å². The van der Waals surface area contributed by atoms with E-state index in [4.69, 9.17) is 14.4 Å². The van der Waals surface area contributed by atoms with Crippen LogP contribution in [0.1, 0.15) is 12.2 Å². The minimum Gasteiger partial charge on any atom is -0.481 e. The maximum absolute atomic E-state index is 10.3. The van der Waals surface area contributed by atoms with Crippen LogP contribution >= 0.6 is 11.8 Å². The largest absolute Gasteiger partial charge is 0.481 e. The molecule has 7 heteroatoms. The van der Waals surface area contributed by atoms with E-state index in [1.807, 2.05) is 0 Å². The van der Waals surface area contributed by atoms with Gasteiger partial charge in [-0.25, -0.2) is 0 Å². The average Bonchev–Trinajstić information content (AvgIpc) is 2.87. The zero-order valence-corrected chi connectivity index (χ0v) is 9.40. The number of carbonyl (C=O) groups is 1.